The van der Waals surface area contributed by atoms with E-state index in [2.05, 4.69) is 0 Å². The second-order valence-corrected chi connectivity index (χ2v) is 3.83. The van der Waals surface area contributed by atoms with Gasteiger partial charge in [-0.1, -0.05) is 0 Å². The van der Waals surface area contributed by atoms with Crippen LogP contribution in [0.5, 0.6) is 0 Å². The first-order valence-electron chi connectivity index (χ1n) is 3.16. The van der Waals surface area contributed by atoms with Crippen LogP contribution in [0.1, 0.15) is 0 Å². The predicted octanol–water partition coefficient (Wildman–Crippen LogP) is -2.12. The molecule has 0 radical (unpaired) electrons. The summed E-state index contributed by atoms with van der Waals surface area (Å²) in [5.41, 5.74) is 0. The molecule has 0 aromatic rings. The van der Waals surface area contributed by atoms with Crippen LogP contribution in [0.15, 0.2) is 0 Å². The number of hydrogen-bond acceptors (Lipinski definition) is 3. The second-order valence-electron chi connectivity index (χ2n) is 2.46. The fraction of sp³-hybridized carbons (Fsp3) is 1.00. The summed E-state index contributed by atoms with van der Waals surface area (Å²) in [5, 5.41) is 0. The predicted molar refractivity (Wildman–Crippen MR) is 33.4 cm³/mol. The first kappa shape index (κ1) is 18.4. The Morgan fingerprint density at radius 2 is 1.19 bits per heavy atom. The van der Waals surface area contributed by atoms with Crippen molar-refractivity contribution in [2.45, 2.75) is 12.4 Å². The molecule has 16 heavy (non-hydrogen) atoms. The van der Waals surface area contributed by atoms with Crippen molar-refractivity contribution < 1.29 is 58.2 Å². The van der Waals surface area contributed by atoms with E-state index in [1.807, 2.05) is 0 Å². The van der Waals surface area contributed by atoms with Gasteiger partial charge in [-0.3, -0.25) is 0 Å². The molecule has 0 unspecified atom stereocenters. The zero-order valence-electron chi connectivity index (χ0n) is 7.76. The fourth-order valence-electron chi connectivity index (χ4n) is 0.614. The van der Waals surface area contributed by atoms with E-state index in [9.17, 15) is 39.3 Å². The molecule has 0 aliphatic heterocycles. The maximum absolute atomic E-state index is 11.6. The van der Waals surface area contributed by atoms with E-state index in [0.29, 0.717) is 0 Å². The Balaban J connectivity index is 0. The van der Waals surface area contributed by atoms with Gasteiger partial charge in [0.1, 0.15) is 13.1 Å². The monoisotopic (exact) mass is 267 g/mol. The maximum atomic E-state index is 11.6. The zero-order valence-corrected chi connectivity index (χ0v) is 8.58. The van der Waals surface area contributed by atoms with Crippen LogP contribution in [-0.2, 0) is 10.3 Å². The van der Waals surface area contributed by atoms with Gasteiger partial charge in [-0.25, -0.2) is 8.42 Å². The maximum Gasteiger partial charge on any atom is 1.00 e. The molecular weight excluding hydrogens is 263 g/mol. The summed E-state index contributed by atoms with van der Waals surface area (Å²) in [6, 6.07) is 0. The van der Waals surface area contributed by atoms with Gasteiger partial charge in [0.15, 0.2) is 10.3 Å². The summed E-state index contributed by atoms with van der Waals surface area (Å²) < 4.78 is 98.5. The van der Waals surface area contributed by atoms with Gasteiger partial charge in [-0.05, 0) is 0 Å². The number of nitrogens with zero attached hydrogens (tertiary/aromatic N) is 1. The Morgan fingerprint density at radius 1 is 0.938 bits per heavy atom. The van der Waals surface area contributed by atoms with Gasteiger partial charge in [0.2, 0.25) is 0 Å². The van der Waals surface area contributed by atoms with Crippen LogP contribution >= 0.6 is 0 Å². The minimum absolute atomic E-state index is 0. The van der Waals surface area contributed by atoms with E-state index in [1.165, 1.54) is 0 Å². The third-order valence-electron chi connectivity index (χ3n) is 1.03. The molecule has 0 atom stereocenters. The normalized spacial score (nSPS) is 13.8. The molecule has 0 saturated carbocycles. The van der Waals surface area contributed by atoms with E-state index in [0.717, 1.165) is 0 Å². The van der Waals surface area contributed by atoms with Gasteiger partial charge in [-0.2, -0.15) is 30.6 Å². The number of alkyl halides is 6. The summed E-state index contributed by atoms with van der Waals surface area (Å²) in [7, 11) is -5.79. The van der Waals surface area contributed by atoms with Crippen molar-refractivity contribution in [2.75, 3.05) is 13.1 Å². The van der Waals surface area contributed by atoms with Crippen LogP contribution in [0, 0.1) is 0 Å². The molecule has 0 saturated heterocycles. The number of hydrogen-bond donors (Lipinski definition) is 0. The third kappa shape index (κ3) is 9.29. The van der Waals surface area contributed by atoms with Gasteiger partial charge in [0.25, 0.3) is 0 Å². The molecule has 4 nitrogen and oxygen atoms in total. The summed E-state index contributed by atoms with van der Waals surface area (Å²) >= 11 is 0. The topological polar surface area (TPSA) is 60.4 Å². The van der Waals surface area contributed by atoms with Crippen LogP contribution < -0.4 is 18.9 Å². The van der Waals surface area contributed by atoms with Gasteiger partial charge < -0.3 is 4.55 Å². The Kier molecular flexibility index (Phi) is 6.43. The molecule has 0 spiro atoms. The second kappa shape index (κ2) is 5.59. The summed E-state index contributed by atoms with van der Waals surface area (Å²) in [6.45, 7) is -4.92. The average Bonchev–Trinajstić information content (AvgIpc) is 1.75. The van der Waals surface area contributed by atoms with Crippen molar-refractivity contribution in [3.63, 3.8) is 0 Å². The van der Waals surface area contributed by atoms with Crippen LogP contribution in [-0.4, -0.2) is 42.7 Å². The first-order chi connectivity index (χ1) is 6.31. The van der Waals surface area contributed by atoms with Crippen LogP contribution in [0.4, 0.5) is 26.3 Å². The Morgan fingerprint density at radius 3 is 1.31 bits per heavy atom. The first-order valence-corrected chi connectivity index (χ1v) is 4.52. The fourth-order valence-corrected chi connectivity index (χ4v) is 1.22. The molecule has 0 N–H and O–H groups in total. The molecule has 0 heterocycles. The largest absolute Gasteiger partial charge is 1.00 e. The van der Waals surface area contributed by atoms with Gasteiger partial charge >= 0.3 is 31.2 Å². The van der Waals surface area contributed by atoms with Crippen molar-refractivity contribution in [3.8, 4) is 0 Å². The quantitative estimate of drug-likeness (QED) is 0.333. The minimum atomic E-state index is -5.79. The van der Waals surface area contributed by atoms with Crippen molar-refractivity contribution in [2.24, 2.45) is 0 Å². The standard InChI is InChI=1S/C4H5F6NO3S.Li/c5-3(6,7)1-11(15(12,13)14)2-4(8,9)10;/h1-2H2,(H,12,13,14);/q;+1/p-1. The van der Waals surface area contributed by atoms with E-state index >= 15 is 0 Å². The smallest absolute Gasteiger partial charge is 0.735 e. The molecule has 0 bridgehead atoms. The number of halogens is 6. The molecule has 0 rings (SSSR count). The molecule has 0 aromatic heterocycles. The molecule has 0 amide bonds. The Labute approximate surface area is 98.6 Å². The number of rotatable bonds is 3. The van der Waals surface area contributed by atoms with E-state index in [1.54, 1.807) is 0 Å². The van der Waals surface area contributed by atoms with Gasteiger partial charge in [0.05, 0.1) is 0 Å². The Hall–Kier alpha value is 0.0474. The van der Waals surface area contributed by atoms with Crippen LogP contribution in [0.2, 0.25) is 0 Å². The molecule has 12 heteroatoms. The molecule has 0 fully saturated rings. The van der Waals surface area contributed by atoms with E-state index in [4.69, 9.17) is 0 Å². The third-order valence-corrected chi connectivity index (χ3v) is 1.92. The van der Waals surface area contributed by atoms with Crippen molar-refractivity contribution in [3.05, 3.63) is 0 Å². The van der Waals surface area contributed by atoms with E-state index < -0.39 is 40.1 Å². The van der Waals surface area contributed by atoms with Crippen LogP contribution in [0.25, 0.3) is 0 Å². The molecule has 92 valence electrons. The van der Waals surface area contributed by atoms with Crippen LogP contribution in [0.3, 0.4) is 0 Å². The van der Waals surface area contributed by atoms with Crippen molar-refractivity contribution in [1.82, 2.24) is 4.31 Å². The minimum Gasteiger partial charge on any atom is -0.735 e. The molecule has 0 aromatic carbocycles. The summed E-state index contributed by atoms with van der Waals surface area (Å²) in [5.74, 6) is 0. The van der Waals surface area contributed by atoms with E-state index in [-0.39, 0.29) is 18.9 Å². The summed E-state index contributed by atoms with van der Waals surface area (Å²) in [4.78, 5) is 0. The molecule has 0 aliphatic rings. The zero-order chi connectivity index (χ0) is 12.5. The van der Waals surface area contributed by atoms with Crippen molar-refractivity contribution >= 4 is 10.3 Å². The average molecular weight is 267 g/mol. The Bertz CT molecular complexity index is 295. The van der Waals surface area contributed by atoms with Crippen molar-refractivity contribution in [1.29, 1.82) is 0 Å². The van der Waals surface area contributed by atoms with Gasteiger partial charge in [0, 0.05) is 0 Å². The SMILES string of the molecule is O=S(=O)([O-])N(CC(F)(F)F)CC(F)(F)F.[Li+]. The van der Waals surface area contributed by atoms with Gasteiger partial charge in [-0.15, -0.1) is 0 Å². The summed E-state index contributed by atoms with van der Waals surface area (Å²) in [6.07, 6.45) is -10.4. The molecular formula is C4H4F6LiNO3S. The molecule has 0 aliphatic carbocycles.